The van der Waals surface area contributed by atoms with Crippen molar-refractivity contribution < 1.29 is 23.2 Å². The van der Waals surface area contributed by atoms with E-state index in [1.807, 2.05) is 12.1 Å². The van der Waals surface area contributed by atoms with Gasteiger partial charge in [-0.1, -0.05) is 11.1 Å². The number of hydrogen-bond acceptors (Lipinski definition) is 6. The molecular formula is C27H34F2N5O2+. The summed E-state index contributed by atoms with van der Waals surface area (Å²) in [5.74, 6) is -1.99. The van der Waals surface area contributed by atoms with Crippen LogP contribution < -0.4 is 14.8 Å². The molecular weight excluding hydrogens is 464 g/mol. The predicted octanol–water partition coefficient (Wildman–Crippen LogP) is 3.21. The number of carbonyl (C=O) groups excluding carboxylic acids is 1. The Morgan fingerprint density at radius 1 is 1.06 bits per heavy atom. The Kier molecular flexibility index (Phi) is 5.95. The van der Waals surface area contributed by atoms with Crippen LogP contribution in [0.5, 0.6) is 0 Å². The molecule has 1 aliphatic heterocycles. The Hall–Kier alpha value is -2.65. The van der Waals surface area contributed by atoms with Crippen molar-refractivity contribution >= 4 is 17.4 Å². The van der Waals surface area contributed by atoms with E-state index in [0.717, 1.165) is 67.1 Å². The van der Waals surface area contributed by atoms with Crippen LogP contribution >= 0.6 is 0 Å². The number of aliphatic hydroxyl groups is 1. The molecule has 2 aromatic rings. The molecule has 2 N–H and O–H groups in total. The Morgan fingerprint density at radius 2 is 1.78 bits per heavy atom. The number of fused-ring (bicyclic) bond motifs is 3. The van der Waals surface area contributed by atoms with E-state index in [1.165, 1.54) is 0 Å². The Bertz CT molecular complexity index is 1160. The van der Waals surface area contributed by atoms with Gasteiger partial charge in [-0.2, -0.15) is 0 Å². The lowest BCUT2D eigenvalue weighted by Gasteiger charge is -2.35. The fourth-order valence-electron chi connectivity index (χ4n) is 6.19. The third kappa shape index (κ3) is 4.36. The number of rotatable bonds is 4. The molecule has 0 radical (unpaired) electrons. The fraction of sp³-hybridized carbons (Fsp3) is 0.593. The molecule has 4 aliphatic rings. The van der Waals surface area contributed by atoms with Crippen molar-refractivity contribution in [2.75, 3.05) is 43.4 Å². The summed E-state index contributed by atoms with van der Waals surface area (Å²) in [5, 5.41) is 13.3. The first-order valence-electron chi connectivity index (χ1n) is 13.1. The molecule has 3 fully saturated rings. The second-order valence-electron chi connectivity index (χ2n) is 11.0. The number of carbonyl (C=O) groups is 1. The summed E-state index contributed by atoms with van der Waals surface area (Å²) in [6, 6.07) is 5.89. The van der Waals surface area contributed by atoms with Crippen LogP contribution in [0.3, 0.4) is 0 Å². The van der Waals surface area contributed by atoms with Crippen molar-refractivity contribution in [3.8, 4) is 11.1 Å². The molecule has 6 rings (SSSR count). The van der Waals surface area contributed by atoms with Gasteiger partial charge in [-0.25, -0.2) is 13.3 Å². The highest BCUT2D eigenvalue weighted by atomic mass is 19.3. The van der Waals surface area contributed by atoms with E-state index in [0.29, 0.717) is 18.8 Å². The zero-order chi connectivity index (χ0) is 25.0. The van der Waals surface area contributed by atoms with Crippen LogP contribution in [0.2, 0.25) is 0 Å². The number of nitrogens with one attached hydrogen (secondary N) is 1. The van der Waals surface area contributed by atoms with Crippen LogP contribution in [0.25, 0.3) is 11.1 Å². The number of anilines is 2. The maximum atomic E-state index is 13.5. The smallest absolute Gasteiger partial charge is 0.392 e. The zero-order valence-corrected chi connectivity index (χ0v) is 20.7. The minimum absolute atomic E-state index is 0.0675. The summed E-state index contributed by atoms with van der Waals surface area (Å²) in [6.45, 7) is 3.86. The lowest BCUT2D eigenvalue weighted by atomic mass is 9.86. The van der Waals surface area contributed by atoms with E-state index >= 15 is 0 Å². The molecule has 0 spiro atoms. The number of ketones is 1. The maximum Gasteiger partial charge on any atom is 0.392 e. The summed E-state index contributed by atoms with van der Waals surface area (Å²) in [7, 11) is 2.12. The summed E-state index contributed by atoms with van der Waals surface area (Å²) in [5.41, 5.74) is 4.52. The van der Waals surface area contributed by atoms with Crippen molar-refractivity contribution in [1.29, 1.82) is 0 Å². The quantitative estimate of drug-likeness (QED) is 0.631. The first-order valence-corrected chi connectivity index (χ1v) is 13.1. The number of likely N-dealkylation sites (N-methyl/N-ethyl adjacent to an activating group) is 1. The van der Waals surface area contributed by atoms with Crippen molar-refractivity contribution in [2.45, 2.75) is 69.1 Å². The van der Waals surface area contributed by atoms with Crippen molar-refractivity contribution in [2.24, 2.45) is 0 Å². The molecule has 192 valence electrons. The molecule has 0 unspecified atom stereocenters. The molecule has 3 aliphatic carbocycles. The first-order chi connectivity index (χ1) is 17.3. The Balaban J connectivity index is 1.37. The summed E-state index contributed by atoms with van der Waals surface area (Å²) in [4.78, 5) is 22.8. The van der Waals surface area contributed by atoms with E-state index < -0.39 is 5.92 Å². The number of alkyl halides is 2. The molecule has 0 atom stereocenters. The average molecular weight is 499 g/mol. The second kappa shape index (κ2) is 9.03. The highest BCUT2D eigenvalue weighted by Gasteiger charge is 2.48. The lowest BCUT2D eigenvalue weighted by Crippen LogP contribution is -2.53. The van der Waals surface area contributed by atoms with Crippen molar-refractivity contribution in [1.82, 2.24) is 9.88 Å². The summed E-state index contributed by atoms with van der Waals surface area (Å²) in [6.07, 6.45) is 4.23. The fourth-order valence-corrected chi connectivity index (χ4v) is 6.19. The highest BCUT2D eigenvalue weighted by Crippen LogP contribution is 2.40. The van der Waals surface area contributed by atoms with Gasteiger partial charge in [0.2, 0.25) is 0 Å². The van der Waals surface area contributed by atoms with Gasteiger partial charge < -0.3 is 14.9 Å². The number of benzene rings is 1. The third-order valence-electron chi connectivity index (χ3n) is 8.39. The lowest BCUT2D eigenvalue weighted by molar-refractivity contribution is -0.721. The summed E-state index contributed by atoms with van der Waals surface area (Å²) < 4.78 is 29.1. The van der Waals surface area contributed by atoms with Gasteiger partial charge in [-0.05, 0) is 50.4 Å². The summed E-state index contributed by atoms with van der Waals surface area (Å²) >= 11 is 0. The maximum absolute atomic E-state index is 13.5. The molecule has 1 aromatic heterocycles. The van der Waals surface area contributed by atoms with E-state index in [9.17, 15) is 18.7 Å². The number of aromatic nitrogens is 2. The van der Waals surface area contributed by atoms with E-state index in [-0.39, 0.29) is 43.2 Å². The molecule has 2 saturated carbocycles. The van der Waals surface area contributed by atoms with Gasteiger partial charge in [0, 0.05) is 50.3 Å². The number of hydrogen-bond donors (Lipinski definition) is 2. The van der Waals surface area contributed by atoms with E-state index in [4.69, 9.17) is 4.98 Å². The molecule has 0 amide bonds. The molecule has 36 heavy (non-hydrogen) atoms. The SMILES string of the molecule is CN1CCN(c2ccc3c(c2)C(=O)Cc2c-3cnc(NC3CC(F)(F)C3)[n+]2C2CCC(O)CC2)CC1. The Morgan fingerprint density at radius 3 is 2.47 bits per heavy atom. The van der Waals surface area contributed by atoms with Crippen LogP contribution in [-0.4, -0.2) is 72.1 Å². The van der Waals surface area contributed by atoms with Crippen LogP contribution in [0.1, 0.15) is 60.6 Å². The van der Waals surface area contributed by atoms with Crippen LogP contribution in [0, 0.1) is 0 Å². The molecule has 7 nitrogen and oxygen atoms in total. The number of Topliss-reactive ketones (excluding diaryl/α,β-unsaturated/α-hetero) is 1. The van der Waals surface area contributed by atoms with E-state index in [1.54, 1.807) is 6.20 Å². The normalized spacial score (nSPS) is 26.2. The number of halogens is 2. The molecule has 2 heterocycles. The molecule has 9 heteroatoms. The van der Waals surface area contributed by atoms with Crippen LogP contribution in [0.15, 0.2) is 24.4 Å². The monoisotopic (exact) mass is 498 g/mol. The Labute approximate surface area is 210 Å². The minimum atomic E-state index is -2.62. The number of nitrogens with zero attached hydrogens (tertiary/aromatic N) is 4. The molecule has 1 aromatic carbocycles. The topological polar surface area (TPSA) is 72.6 Å². The highest BCUT2D eigenvalue weighted by molar-refractivity contribution is 6.07. The second-order valence-corrected chi connectivity index (χ2v) is 11.0. The van der Waals surface area contributed by atoms with Crippen molar-refractivity contribution in [3.63, 3.8) is 0 Å². The van der Waals surface area contributed by atoms with Gasteiger partial charge in [0.05, 0.1) is 35.9 Å². The average Bonchev–Trinajstić information content (AvgIpc) is 2.84. The third-order valence-corrected chi connectivity index (χ3v) is 8.39. The van der Waals surface area contributed by atoms with Crippen molar-refractivity contribution in [3.05, 3.63) is 35.7 Å². The molecule has 0 bridgehead atoms. The largest absolute Gasteiger partial charge is 0.393 e. The van der Waals surface area contributed by atoms with E-state index in [2.05, 4.69) is 32.8 Å². The minimum Gasteiger partial charge on any atom is -0.393 e. The standard InChI is InChI=1S/C27H33F2N5O2/c1-32-8-10-33(11-9-32)19-4-7-21-22(12-19)25(36)13-24-23(21)16-30-26(31-17-14-27(28,29)15-17)34(24)18-2-5-20(35)6-3-18/h4,7,12,16-18,20,35H,2-3,5-6,8-11,13-15H2,1H3/p+1. The van der Waals surface area contributed by atoms with Gasteiger partial charge in [0.1, 0.15) is 6.20 Å². The van der Waals surface area contributed by atoms with Gasteiger partial charge in [-0.3, -0.25) is 10.1 Å². The van der Waals surface area contributed by atoms with Gasteiger partial charge in [0.15, 0.2) is 5.78 Å². The van der Waals surface area contributed by atoms with Gasteiger partial charge >= 0.3 is 5.95 Å². The van der Waals surface area contributed by atoms with Crippen LogP contribution in [0.4, 0.5) is 20.4 Å². The number of aliphatic hydroxyl groups excluding tert-OH is 1. The van der Waals surface area contributed by atoms with Gasteiger partial charge in [-0.15, -0.1) is 0 Å². The predicted molar refractivity (Wildman–Crippen MR) is 133 cm³/mol. The molecule has 1 saturated heterocycles. The first kappa shape index (κ1) is 23.7. The van der Waals surface area contributed by atoms with Crippen LogP contribution in [-0.2, 0) is 6.42 Å². The van der Waals surface area contributed by atoms with Gasteiger partial charge in [0.25, 0.3) is 5.92 Å². The zero-order valence-electron chi connectivity index (χ0n) is 20.7. The number of piperazine rings is 1.